The van der Waals surface area contributed by atoms with E-state index in [0.29, 0.717) is 65.3 Å². The van der Waals surface area contributed by atoms with Crippen molar-refractivity contribution < 1.29 is 23.3 Å². The van der Waals surface area contributed by atoms with E-state index in [1.165, 1.54) is 4.57 Å². The first kappa shape index (κ1) is 44.5. The molecule has 3 aromatic heterocycles. The fourth-order valence-electron chi connectivity index (χ4n) is 15.8. The van der Waals surface area contributed by atoms with Crippen LogP contribution in [0.25, 0.3) is 159 Å². The fourth-order valence-corrected chi connectivity index (χ4v) is 15.8. The van der Waals surface area contributed by atoms with Gasteiger partial charge in [-0.2, -0.15) is 0 Å². The third kappa shape index (κ3) is 8.98. The van der Waals surface area contributed by atoms with Gasteiger partial charge in [0.25, 0.3) is 6.71 Å². The smallest absolute Gasteiger partial charge is 0.252 e. The highest BCUT2D eigenvalue weighted by Gasteiger charge is 2.42. The fraction of sp³-hybridized carbons (Fsp3) is 0.125. The summed E-state index contributed by atoms with van der Waals surface area (Å²) < 4.78 is 186. The van der Waals surface area contributed by atoms with Gasteiger partial charge in [0.1, 0.15) is 0 Å². The Morgan fingerprint density at radius 1 is 0.270 bits per heavy atom. The molecule has 2 aliphatic heterocycles. The van der Waals surface area contributed by atoms with Crippen LogP contribution in [0.5, 0.6) is 0 Å². The summed E-state index contributed by atoms with van der Waals surface area (Å²) >= 11 is 0. The lowest BCUT2D eigenvalue weighted by Crippen LogP contribution is -2.60. The van der Waals surface area contributed by atoms with Crippen LogP contribution in [0, 0.1) is 0 Å². The Hall–Kier alpha value is -11.5. The van der Waals surface area contributed by atoms with Crippen molar-refractivity contribution in [1.82, 2.24) is 13.7 Å². The Morgan fingerprint density at radius 2 is 0.660 bits per heavy atom. The van der Waals surface area contributed by atoms with E-state index < -0.39 is 83.4 Å². The van der Waals surface area contributed by atoms with Crippen molar-refractivity contribution in [2.45, 2.75) is 78.6 Å². The lowest BCUT2D eigenvalue weighted by atomic mass is 9.34. The maximum Gasteiger partial charge on any atom is 0.252 e. The predicted molar refractivity (Wildman–Crippen MR) is 432 cm³/mol. The number of aromatic nitrogens is 3. The highest BCUT2D eigenvalue weighted by molar-refractivity contribution is 7.00. The van der Waals surface area contributed by atoms with E-state index >= 15 is 0 Å². The van der Waals surface area contributed by atoms with Gasteiger partial charge in [0.05, 0.1) is 56.6 Å². The summed E-state index contributed by atoms with van der Waals surface area (Å²) in [5, 5.41) is 6.16. The van der Waals surface area contributed by atoms with Gasteiger partial charge in [0, 0.05) is 60.3 Å². The predicted octanol–water partition coefficient (Wildman–Crippen LogP) is 23.9. The molecule has 100 heavy (non-hydrogen) atoms. The molecule has 478 valence electrons. The molecule has 0 radical (unpaired) electrons. The lowest BCUT2D eigenvalue weighted by molar-refractivity contribution is 0.569. The van der Waals surface area contributed by atoms with Crippen LogP contribution < -0.4 is 16.4 Å². The summed E-state index contributed by atoms with van der Waals surface area (Å²) in [4.78, 5) is 0. The molecule has 0 fully saturated rings. The van der Waals surface area contributed by atoms with Crippen LogP contribution in [-0.2, 0) is 16.2 Å². The third-order valence-corrected chi connectivity index (χ3v) is 20.4. The highest BCUT2D eigenvalue weighted by Crippen LogP contribution is 2.48. The minimum absolute atomic E-state index is 0.0102. The van der Waals surface area contributed by atoms with Gasteiger partial charge in [-0.1, -0.05) is 323 Å². The van der Waals surface area contributed by atoms with Crippen molar-refractivity contribution in [3.63, 3.8) is 0 Å². The van der Waals surface area contributed by atoms with Gasteiger partial charge in [-0.3, -0.25) is 0 Å². The zero-order valence-corrected chi connectivity index (χ0v) is 56.9. The summed E-state index contributed by atoms with van der Waals surface area (Å²) in [7, 11) is 0. The minimum atomic E-state index is -1.59. The van der Waals surface area contributed by atoms with E-state index in [1.807, 2.05) is 260 Å². The van der Waals surface area contributed by atoms with Crippen LogP contribution >= 0.6 is 0 Å². The molecule has 0 atom stereocenters. The molecular formula is C96H76BN3. The Morgan fingerprint density at radius 3 is 1.14 bits per heavy atom. The molecule has 17 aromatic rings. The zero-order chi connectivity index (χ0) is 82.5. The minimum Gasteiger partial charge on any atom is -0.310 e. The van der Waals surface area contributed by atoms with Crippen molar-refractivity contribution in [2.75, 3.05) is 0 Å². The number of rotatable bonds is 4. The molecular weight excluding hydrogens is 1210 g/mol. The Kier molecular flexibility index (Phi) is 9.79. The van der Waals surface area contributed by atoms with E-state index in [1.54, 1.807) is 0 Å². The van der Waals surface area contributed by atoms with Gasteiger partial charge in [-0.15, -0.1) is 0 Å². The average molecular weight is 1300 g/mol. The second-order valence-electron chi connectivity index (χ2n) is 29.7. The highest BCUT2D eigenvalue weighted by atomic mass is 15.0. The molecule has 4 heteroatoms. The summed E-state index contributed by atoms with van der Waals surface area (Å²) in [5.74, 6) is 0. The lowest BCUT2D eigenvalue weighted by Gasteiger charge is -2.38. The quantitative estimate of drug-likeness (QED) is 0.156. The monoisotopic (exact) mass is 1300 g/mol. The maximum absolute atomic E-state index is 12.1. The van der Waals surface area contributed by atoms with E-state index in [9.17, 15) is 23.3 Å². The second-order valence-corrected chi connectivity index (χ2v) is 29.7. The van der Waals surface area contributed by atoms with Crippen LogP contribution in [-0.4, -0.2) is 20.4 Å². The summed E-state index contributed by atoms with van der Waals surface area (Å²) in [6.45, 7) is 15.8. The van der Waals surface area contributed by atoms with Gasteiger partial charge < -0.3 is 13.7 Å². The number of fused-ring (bicyclic) bond motifs is 21. The molecule has 19 rings (SSSR count). The number of hydrogen-bond acceptors (Lipinski definition) is 0. The van der Waals surface area contributed by atoms with Crippen LogP contribution in [0.4, 0.5) is 0 Å². The molecule has 0 saturated heterocycles. The van der Waals surface area contributed by atoms with Crippen LogP contribution in [0.1, 0.15) is 102 Å². The summed E-state index contributed by atoms with van der Waals surface area (Å²) in [6, 6.07) is 55.3. The molecule has 0 unspecified atom stereocenters. The normalized spacial score (nSPS) is 15.2. The Labute approximate surface area is 608 Å². The third-order valence-electron chi connectivity index (χ3n) is 20.4. The molecule has 5 heterocycles. The van der Waals surface area contributed by atoms with Crippen molar-refractivity contribution in [2.24, 2.45) is 0 Å². The molecule has 3 nitrogen and oxygen atoms in total. The molecule has 0 bridgehead atoms. The molecule has 2 aliphatic rings. The Bertz CT molecular complexity index is 7470. The second kappa shape index (κ2) is 22.0. The summed E-state index contributed by atoms with van der Waals surface area (Å²) in [6.07, 6.45) is 0. The average Bonchev–Trinajstić information content (AvgIpc) is 1.52. The summed E-state index contributed by atoms with van der Waals surface area (Å²) in [5.41, 5.74) is 1.74. The maximum atomic E-state index is 12.1. The molecule has 0 N–H and O–H groups in total. The molecule has 14 aromatic carbocycles. The van der Waals surface area contributed by atoms with Crippen LogP contribution in [0.15, 0.2) is 297 Å². The zero-order valence-electron chi connectivity index (χ0n) is 73.9. The first-order valence-electron chi connectivity index (χ1n) is 42.7. The molecule has 0 amide bonds. The van der Waals surface area contributed by atoms with Crippen LogP contribution in [0.3, 0.4) is 0 Å². The number of nitrogens with zero attached hydrogens (tertiary/aromatic N) is 3. The van der Waals surface area contributed by atoms with Gasteiger partial charge in [0.2, 0.25) is 0 Å². The molecule has 0 aliphatic carbocycles. The topological polar surface area (TPSA) is 14.8 Å². The van der Waals surface area contributed by atoms with E-state index in [4.69, 9.17) is 0 Å². The number of benzene rings is 14. The number of para-hydroxylation sites is 4. The first-order chi connectivity index (χ1) is 55.7. The van der Waals surface area contributed by atoms with E-state index in [-0.39, 0.29) is 147 Å². The van der Waals surface area contributed by atoms with Gasteiger partial charge in [-0.05, 0) is 151 Å². The first-order valence-corrected chi connectivity index (χ1v) is 34.2. The number of hydrogen-bond donors (Lipinski definition) is 0. The van der Waals surface area contributed by atoms with Crippen molar-refractivity contribution in [3.8, 4) is 50.4 Å². The van der Waals surface area contributed by atoms with Gasteiger partial charge in [-0.25, -0.2) is 0 Å². The van der Waals surface area contributed by atoms with Crippen molar-refractivity contribution >= 4 is 132 Å². The standard InChI is InChI=1S/C96H76BN3/c1-94(2,3)63-52-61(53-64(56-63)95(4,5)6)62-54-80-74-40-21-18-35-69(74)68-34-16-19-38-72(68)78-46-28-44-66(59-30-12-10-13-31-59)90(78)99-86-57-65(96(7,8)9)58-87-89(86)97(82(55-62)92(80)99)81-50-51-85(98-83-48-26-24-41-75(83)76-42-25-27-49-84(76)98)88-77-43-23-22-37-71(77)70-36-17-20-39-73(70)79-47-29-45-67(60-32-14-11-15-33-60)91(79)100(87)93(81)88/h10-58H,1-9H3/i24D,25D,26D,27D,41D,42D,48D,49D,50D,51D,52D,53D,54D,55D,56D,57D,58D. The van der Waals surface area contributed by atoms with Crippen molar-refractivity contribution in [3.05, 3.63) is 314 Å². The van der Waals surface area contributed by atoms with Gasteiger partial charge in [0.15, 0.2) is 0 Å². The van der Waals surface area contributed by atoms with E-state index in [2.05, 4.69) is 6.07 Å². The SMILES string of the molecule is [2H]c1c(-c2c([2H])c3c4c(c2[2H])c2ccccc2c2ccccc2c2cccc(-c5ccccc5)c2n4-c2c([2H])c(C(C)(C)C)c([2H])c4c2B3c2c([2H])c([2H])c(-n3c5c([2H])c([2H])c([2H])c([2H])c5c5c([2H])c([2H])c([2H])c([2H])c53)c3c5ccccc5c5ccccc5c5cccc(-c6ccccc6)c5n-4c23)c([2H])c(C(C)(C)C)c([2H])c1C(C)(C)C. The van der Waals surface area contributed by atoms with Gasteiger partial charge >= 0.3 is 0 Å². The van der Waals surface area contributed by atoms with Crippen molar-refractivity contribution in [1.29, 1.82) is 0 Å². The largest absolute Gasteiger partial charge is 0.310 e. The molecule has 0 saturated carbocycles. The molecule has 0 spiro atoms. The van der Waals surface area contributed by atoms with Crippen LogP contribution in [0.2, 0.25) is 0 Å². The Balaban J connectivity index is 1.24. The van der Waals surface area contributed by atoms with E-state index in [0.717, 1.165) is 21.9 Å².